The second-order valence-electron chi connectivity index (χ2n) is 4.17. The molecule has 0 fully saturated rings. The van der Waals surface area contributed by atoms with Crippen molar-refractivity contribution in [3.05, 3.63) is 23.4 Å². The van der Waals surface area contributed by atoms with Crippen molar-refractivity contribution in [1.82, 2.24) is 9.88 Å². The van der Waals surface area contributed by atoms with E-state index in [0.29, 0.717) is 4.99 Å². The molecule has 0 aliphatic carbocycles. The number of aryl methyl sites for hydroxylation is 1. The topological polar surface area (TPSA) is 54.2 Å². The first-order valence-electron chi connectivity index (χ1n) is 6.32. The lowest BCUT2D eigenvalue weighted by Gasteiger charge is -2.19. The number of thiocarbonyl (C=S) groups is 1. The minimum absolute atomic E-state index is 0.382. The highest BCUT2D eigenvalue weighted by Gasteiger charge is 2.07. The first-order chi connectivity index (χ1) is 8.58. The third kappa shape index (κ3) is 4.23. The zero-order valence-corrected chi connectivity index (χ0v) is 12.2. The molecule has 1 rings (SSSR count). The third-order valence-electron chi connectivity index (χ3n) is 2.91. The molecule has 0 aromatic carbocycles. The molecule has 18 heavy (non-hydrogen) atoms. The minimum Gasteiger partial charge on any atom is -0.389 e. The van der Waals surface area contributed by atoms with Crippen LogP contribution in [0.5, 0.6) is 0 Å². The predicted molar refractivity (Wildman–Crippen MR) is 81.1 cm³/mol. The number of anilines is 1. The van der Waals surface area contributed by atoms with Gasteiger partial charge < -0.3 is 16.0 Å². The van der Waals surface area contributed by atoms with Crippen LogP contribution in [-0.2, 0) is 0 Å². The summed E-state index contributed by atoms with van der Waals surface area (Å²) in [6.45, 7) is 10.2. The van der Waals surface area contributed by atoms with Crippen molar-refractivity contribution in [2.45, 2.75) is 20.8 Å². The van der Waals surface area contributed by atoms with Crippen LogP contribution < -0.4 is 11.1 Å². The summed E-state index contributed by atoms with van der Waals surface area (Å²) in [5.41, 5.74) is 7.46. The van der Waals surface area contributed by atoms with Crippen molar-refractivity contribution in [2.75, 3.05) is 31.5 Å². The van der Waals surface area contributed by atoms with Gasteiger partial charge in [0.2, 0.25) is 0 Å². The number of hydrogen-bond acceptors (Lipinski definition) is 4. The number of nitrogens with one attached hydrogen (secondary N) is 1. The van der Waals surface area contributed by atoms with Gasteiger partial charge in [-0.1, -0.05) is 26.1 Å². The zero-order valence-electron chi connectivity index (χ0n) is 11.4. The molecule has 0 bridgehead atoms. The molecule has 0 aliphatic heterocycles. The maximum absolute atomic E-state index is 5.69. The zero-order chi connectivity index (χ0) is 13.5. The molecule has 0 saturated heterocycles. The van der Waals surface area contributed by atoms with Gasteiger partial charge in [-0.3, -0.25) is 0 Å². The Morgan fingerprint density at radius 3 is 2.61 bits per heavy atom. The number of hydrogen-bond donors (Lipinski definition) is 2. The highest BCUT2D eigenvalue weighted by molar-refractivity contribution is 7.80. The second-order valence-corrected chi connectivity index (χ2v) is 4.61. The van der Waals surface area contributed by atoms with Crippen LogP contribution in [0.15, 0.2) is 12.1 Å². The van der Waals surface area contributed by atoms with E-state index >= 15 is 0 Å². The first-order valence-corrected chi connectivity index (χ1v) is 6.73. The molecular formula is C13H22N4S. The van der Waals surface area contributed by atoms with Gasteiger partial charge in [0, 0.05) is 18.8 Å². The lowest BCUT2D eigenvalue weighted by Crippen LogP contribution is -2.29. The van der Waals surface area contributed by atoms with Crippen molar-refractivity contribution in [3.63, 3.8) is 0 Å². The highest BCUT2D eigenvalue weighted by atomic mass is 32.1. The Labute approximate surface area is 115 Å². The number of aromatic nitrogens is 1. The van der Waals surface area contributed by atoms with Crippen LogP contribution in [0.25, 0.3) is 0 Å². The molecule has 1 aromatic heterocycles. The van der Waals surface area contributed by atoms with E-state index in [9.17, 15) is 0 Å². The van der Waals surface area contributed by atoms with Crippen molar-refractivity contribution in [2.24, 2.45) is 5.73 Å². The summed E-state index contributed by atoms with van der Waals surface area (Å²) in [6.07, 6.45) is 0. The van der Waals surface area contributed by atoms with Crippen LogP contribution in [0.1, 0.15) is 25.1 Å². The van der Waals surface area contributed by atoms with Gasteiger partial charge in [0.05, 0.1) is 5.56 Å². The van der Waals surface area contributed by atoms with Crippen molar-refractivity contribution < 1.29 is 0 Å². The van der Waals surface area contributed by atoms with Crippen LogP contribution in [0, 0.1) is 6.92 Å². The molecule has 0 radical (unpaired) electrons. The summed E-state index contributed by atoms with van der Waals surface area (Å²) in [4.78, 5) is 7.18. The van der Waals surface area contributed by atoms with Crippen LogP contribution in [-0.4, -0.2) is 41.1 Å². The Kier molecular flexibility index (Phi) is 6.01. The molecule has 0 saturated carbocycles. The molecular weight excluding hydrogens is 244 g/mol. The standard InChI is InChI=1S/C13H22N4S/c1-4-17(5-2)9-8-15-13-11(12(14)18)7-6-10(3)16-13/h6-7H,4-5,8-9H2,1-3H3,(H2,14,18)(H,15,16). The summed E-state index contributed by atoms with van der Waals surface area (Å²) >= 11 is 5.03. The Bertz CT molecular complexity index is 402. The minimum atomic E-state index is 0.382. The maximum atomic E-state index is 5.69. The SMILES string of the molecule is CCN(CC)CCNc1nc(C)ccc1C(N)=S. The smallest absolute Gasteiger partial charge is 0.136 e. The van der Waals surface area contributed by atoms with Crippen molar-refractivity contribution in [1.29, 1.82) is 0 Å². The summed E-state index contributed by atoms with van der Waals surface area (Å²) in [6, 6.07) is 3.84. The molecule has 5 heteroatoms. The summed E-state index contributed by atoms with van der Waals surface area (Å²) in [7, 11) is 0. The fourth-order valence-corrected chi connectivity index (χ4v) is 1.93. The lowest BCUT2D eigenvalue weighted by molar-refractivity contribution is 0.316. The molecule has 0 atom stereocenters. The average molecular weight is 266 g/mol. The van der Waals surface area contributed by atoms with Crippen molar-refractivity contribution in [3.8, 4) is 0 Å². The van der Waals surface area contributed by atoms with Crippen LogP contribution in [0.2, 0.25) is 0 Å². The molecule has 1 heterocycles. The molecule has 100 valence electrons. The van der Waals surface area contributed by atoms with E-state index in [1.165, 1.54) is 0 Å². The largest absolute Gasteiger partial charge is 0.389 e. The quantitative estimate of drug-likeness (QED) is 0.737. The second kappa shape index (κ2) is 7.28. The summed E-state index contributed by atoms with van der Waals surface area (Å²) in [5.74, 6) is 0.787. The highest BCUT2D eigenvalue weighted by Crippen LogP contribution is 2.13. The average Bonchev–Trinajstić information content (AvgIpc) is 2.34. The number of nitrogens with zero attached hydrogens (tertiary/aromatic N) is 2. The van der Waals surface area contributed by atoms with Gasteiger partial charge in [-0.2, -0.15) is 0 Å². The summed E-state index contributed by atoms with van der Waals surface area (Å²) < 4.78 is 0. The van der Waals surface area contributed by atoms with Crippen LogP contribution in [0.4, 0.5) is 5.82 Å². The predicted octanol–water partition coefficient (Wildman–Crippen LogP) is 1.78. The first kappa shape index (κ1) is 14.9. The normalized spacial score (nSPS) is 10.7. The van der Waals surface area contributed by atoms with E-state index in [2.05, 4.69) is 29.0 Å². The van der Waals surface area contributed by atoms with E-state index in [-0.39, 0.29) is 0 Å². The van der Waals surface area contributed by atoms with Gasteiger partial charge in [-0.05, 0) is 32.1 Å². The Morgan fingerprint density at radius 2 is 2.06 bits per heavy atom. The van der Waals surface area contributed by atoms with E-state index in [1.807, 2.05) is 19.1 Å². The maximum Gasteiger partial charge on any atom is 0.136 e. The summed E-state index contributed by atoms with van der Waals surface area (Å²) in [5, 5.41) is 3.31. The number of rotatable bonds is 7. The molecule has 1 aromatic rings. The molecule has 0 amide bonds. The van der Waals surface area contributed by atoms with Gasteiger partial charge in [0.25, 0.3) is 0 Å². The van der Waals surface area contributed by atoms with Crippen LogP contribution >= 0.6 is 12.2 Å². The van der Waals surface area contributed by atoms with Gasteiger partial charge in [0.15, 0.2) is 0 Å². The van der Waals surface area contributed by atoms with Gasteiger partial charge in [0.1, 0.15) is 10.8 Å². The lowest BCUT2D eigenvalue weighted by atomic mass is 10.2. The van der Waals surface area contributed by atoms with Gasteiger partial charge in [-0.15, -0.1) is 0 Å². The molecule has 3 N–H and O–H groups in total. The molecule has 0 spiro atoms. The Morgan fingerprint density at radius 1 is 1.39 bits per heavy atom. The number of nitrogens with two attached hydrogens (primary N) is 1. The van der Waals surface area contributed by atoms with E-state index in [0.717, 1.165) is 43.3 Å². The van der Waals surface area contributed by atoms with Gasteiger partial charge in [-0.25, -0.2) is 4.98 Å². The fraction of sp³-hybridized carbons (Fsp3) is 0.538. The Balaban J connectivity index is 2.66. The fourth-order valence-electron chi connectivity index (χ4n) is 1.76. The van der Waals surface area contributed by atoms with Gasteiger partial charge >= 0.3 is 0 Å². The van der Waals surface area contributed by atoms with Crippen molar-refractivity contribution >= 4 is 23.0 Å². The van der Waals surface area contributed by atoms with Crippen LogP contribution in [0.3, 0.4) is 0 Å². The third-order valence-corrected chi connectivity index (χ3v) is 3.13. The van der Waals surface area contributed by atoms with E-state index < -0.39 is 0 Å². The molecule has 0 unspecified atom stereocenters. The molecule has 0 aliphatic rings. The Hall–Kier alpha value is -1.20. The van der Waals surface area contributed by atoms with E-state index in [1.54, 1.807) is 0 Å². The van der Waals surface area contributed by atoms with E-state index in [4.69, 9.17) is 18.0 Å². The number of pyridine rings is 1. The number of likely N-dealkylation sites (N-methyl/N-ethyl adjacent to an activating group) is 1. The monoisotopic (exact) mass is 266 g/mol. The molecule has 4 nitrogen and oxygen atoms in total.